The van der Waals surface area contributed by atoms with E-state index in [0.717, 1.165) is 5.02 Å². The second kappa shape index (κ2) is 4.65. The lowest BCUT2D eigenvalue weighted by atomic mass is 9.96. The van der Waals surface area contributed by atoms with Gasteiger partial charge in [0.05, 0.1) is 0 Å². The summed E-state index contributed by atoms with van der Waals surface area (Å²) < 4.78 is 0. The van der Waals surface area contributed by atoms with E-state index < -0.39 is 0 Å². The Balaban J connectivity index is 3.06. The minimum Gasteiger partial charge on any atom is -0.102 e. The lowest BCUT2D eigenvalue weighted by Gasteiger charge is -2.12. The van der Waals surface area contributed by atoms with Crippen LogP contribution >= 0.6 is 11.6 Å². The van der Waals surface area contributed by atoms with Crippen molar-refractivity contribution in [2.24, 2.45) is 0 Å². The van der Waals surface area contributed by atoms with E-state index in [1.165, 1.54) is 11.1 Å². The Hall–Kier alpha value is -0.750. The van der Waals surface area contributed by atoms with Gasteiger partial charge in [0.15, 0.2) is 0 Å². The van der Waals surface area contributed by atoms with Gasteiger partial charge in [0, 0.05) is 5.02 Å². The third-order valence-electron chi connectivity index (χ3n) is 2.53. The number of hydrogen-bond donors (Lipinski definition) is 0. The maximum absolute atomic E-state index is 6.19. The summed E-state index contributed by atoms with van der Waals surface area (Å²) in [5, 5.41) is 0.867. The van der Waals surface area contributed by atoms with Crippen molar-refractivity contribution >= 4 is 11.6 Å². The predicted molar refractivity (Wildman–Crippen MR) is 64.2 cm³/mol. The first kappa shape index (κ1) is 11.3. The average Bonchev–Trinajstić information content (AvgIpc) is 2.15. The molecule has 1 atom stereocenters. The molecule has 0 spiro atoms. The molecular formula is C13H17Cl. The molecule has 0 radical (unpaired) electrons. The fourth-order valence-corrected chi connectivity index (χ4v) is 1.84. The molecule has 1 aromatic carbocycles. The van der Waals surface area contributed by atoms with Crippen LogP contribution in [-0.2, 0) is 0 Å². The van der Waals surface area contributed by atoms with Crippen molar-refractivity contribution in [3.63, 3.8) is 0 Å². The van der Waals surface area contributed by atoms with E-state index in [1.807, 2.05) is 12.1 Å². The van der Waals surface area contributed by atoms with Crippen LogP contribution in [0.3, 0.4) is 0 Å². The van der Waals surface area contributed by atoms with Crippen LogP contribution in [0, 0.1) is 0 Å². The number of rotatable bonds is 3. The zero-order chi connectivity index (χ0) is 10.7. The molecule has 0 N–H and O–H groups in total. The van der Waals surface area contributed by atoms with Crippen LogP contribution < -0.4 is 0 Å². The number of halogens is 1. The monoisotopic (exact) mass is 208 g/mol. The van der Waals surface area contributed by atoms with E-state index in [1.54, 1.807) is 0 Å². The van der Waals surface area contributed by atoms with Crippen molar-refractivity contribution in [1.82, 2.24) is 0 Å². The second-order valence-electron chi connectivity index (χ2n) is 3.96. The zero-order valence-electron chi connectivity index (χ0n) is 9.05. The molecule has 0 nitrogen and oxygen atoms in total. The van der Waals surface area contributed by atoms with Gasteiger partial charge in [0.1, 0.15) is 0 Å². The average molecular weight is 209 g/mol. The van der Waals surface area contributed by atoms with Crippen molar-refractivity contribution in [1.29, 1.82) is 0 Å². The Morgan fingerprint density at radius 1 is 1.29 bits per heavy atom. The van der Waals surface area contributed by atoms with Gasteiger partial charge < -0.3 is 0 Å². The Labute approximate surface area is 91.6 Å². The molecular weight excluding hydrogens is 192 g/mol. The van der Waals surface area contributed by atoms with Crippen LogP contribution in [0.4, 0.5) is 0 Å². The Morgan fingerprint density at radius 3 is 2.36 bits per heavy atom. The Bertz CT molecular complexity index is 326. The molecule has 0 bridgehead atoms. The number of hydrogen-bond acceptors (Lipinski definition) is 0. The van der Waals surface area contributed by atoms with Crippen molar-refractivity contribution in [3.05, 3.63) is 47.0 Å². The van der Waals surface area contributed by atoms with Gasteiger partial charge in [-0.3, -0.25) is 0 Å². The standard InChI is InChI=1S/C13H17Cl/c1-5-10(4)11-6-7-12(9(2)3)13(14)8-11/h5-10H,1H2,2-4H3. The molecule has 0 aliphatic carbocycles. The highest BCUT2D eigenvalue weighted by atomic mass is 35.5. The lowest BCUT2D eigenvalue weighted by Crippen LogP contribution is -1.93. The van der Waals surface area contributed by atoms with Gasteiger partial charge in [-0.25, -0.2) is 0 Å². The maximum Gasteiger partial charge on any atom is 0.0443 e. The minimum atomic E-state index is 0.369. The fraction of sp³-hybridized carbons (Fsp3) is 0.385. The van der Waals surface area contributed by atoms with E-state index in [9.17, 15) is 0 Å². The van der Waals surface area contributed by atoms with Crippen LogP contribution in [0.15, 0.2) is 30.9 Å². The molecule has 0 amide bonds. The first-order chi connectivity index (χ1) is 6.56. The molecule has 76 valence electrons. The topological polar surface area (TPSA) is 0 Å². The molecule has 1 heteroatoms. The number of allylic oxidation sites excluding steroid dienone is 1. The molecule has 0 saturated carbocycles. The van der Waals surface area contributed by atoms with Crippen molar-refractivity contribution in [2.75, 3.05) is 0 Å². The molecule has 14 heavy (non-hydrogen) atoms. The molecule has 0 fully saturated rings. The van der Waals surface area contributed by atoms with E-state index in [0.29, 0.717) is 11.8 Å². The predicted octanol–water partition coefficient (Wildman–Crippen LogP) is 4.75. The Morgan fingerprint density at radius 2 is 1.93 bits per heavy atom. The quantitative estimate of drug-likeness (QED) is 0.629. The molecule has 1 aromatic rings. The van der Waals surface area contributed by atoms with Crippen molar-refractivity contribution in [2.45, 2.75) is 32.6 Å². The molecule has 0 aromatic heterocycles. The van der Waals surface area contributed by atoms with Crippen LogP contribution in [0.25, 0.3) is 0 Å². The fourth-order valence-electron chi connectivity index (χ4n) is 1.43. The summed E-state index contributed by atoms with van der Waals surface area (Å²) in [7, 11) is 0. The van der Waals surface area contributed by atoms with Gasteiger partial charge in [-0.1, -0.05) is 50.6 Å². The van der Waals surface area contributed by atoms with E-state index >= 15 is 0 Å². The lowest BCUT2D eigenvalue weighted by molar-refractivity contribution is 0.862. The van der Waals surface area contributed by atoms with Crippen LogP contribution in [0.2, 0.25) is 5.02 Å². The minimum absolute atomic E-state index is 0.369. The van der Waals surface area contributed by atoms with Crippen molar-refractivity contribution < 1.29 is 0 Å². The smallest absolute Gasteiger partial charge is 0.0443 e. The third-order valence-corrected chi connectivity index (χ3v) is 2.85. The van der Waals surface area contributed by atoms with Crippen LogP contribution in [0.5, 0.6) is 0 Å². The van der Waals surface area contributed by atoms with Gasteiger partial charge >= 0.3 is 0 Å². The van der Waals surface area contributed by atoms with E-state index in [2.05, 4.69) is 39.5 Å². The first-order valence-corrected chi connectivity index (χ1v) is 5.36. The summed E-state index contributed by atoms with van der Waals surface area (Å²) in [5.41, 5.74) is 2.45. The molecule has 1 unspecified atom stereocenters. The summed E-state index contributed by atoms with van der Waals surface area (Å²) in [4.78, 5) is 0. The molecule has 0 saturated heterocycles. The summed E-state index contributed by atoms with van der Waals surface area (Å²) in [6.07, 6.45) is 1.93. The second-order valence-corrected chi connectivity index (χ2v) is 4.37. The van der Waals surface area contributed by atoms with Crippen LogP contribution in [0.1, 0.15) is 43.7 Å². The molecule has 0 aliphatic heterocycles. The summed E-state index contributed by atoms with van der Waals surface area (Å²) in [6, 6.07) is 6.29. The highest BCUT2D eigenvalue weighted by molar-refractivity contribution is 6.31. The van der Waals surface area contributed by atoms with Gasteiger partial charge in [-0.15, -0.1) is 6.58 Å². The largest absolute Gasteiger partial charge is 0.102 e. The first-order valence-electron chi connectivity index (χ1n) is 4.98. The maximum atomic E-state index is 6.19. The third kappa shape index (κ3) is 2.39. The summed E-state index contributed by atoms with van der Waals surface area (Å²) in [6.45, 7) is 10.2. The highest BCUT2D eigenvalue weighted by Crippen LogP contribution is 2.28. The normalized spacial score (nSPS) is 12.9. The highest BCUT2D eigenvalue weighted by Gasteiger charge is 2.07. The van der Waals surface area contributed by atoms with Crippen molar-refractivity contribution in [3.8, 4) is 0 Å². The van der Waals surface area contributed by atoms with Gasteiger partial charge in [0.2, 0.25) is 0 Å². The Kier molecular flexibility index (Phi) is 3.77. The van der Waals surface area contributed by atoms with Gasteiger partial charge in [0.25, 0.3) is 0 Å². The molecule has 1 rings (SSSR count). The number of benzene rings is 1. The summed E-state index contributed by atoms with van der Waals surface area (Å²) >= 11 is 6.19. The van der Waals surface area contributed by atoms with Gasteiger partial charge in [-0.2, -0.15) is 0 Å². The van der Waals surface area contributed by atoms with E-state index in [4.69, 9.17) is 11.6 Å². The van der Waals surface area contributed by atoms with Crippen LogP contribution in [-0.4, -0.2) is 0 Å². The summed E-state index contributed by atoms with van der Waals surface area (Å²) in [5.74, 6) is 0.851. The molecule has 0 heterocycles. The zero-order valence-corrected chi connectivity index (χ0v) is 9.81. The SMILES string of the molecule is C=CC(C)c1ccc(C(C)C)c(Cl)c1. The van der Waals surface area contributed by atoms with Gasteiger partial charge in [-0.05, 0) is 29.0 Å². The molecule has 0 aliphatic rings. The van der Waals surface area contributed by atoms with E-state index in [-0.39, 0.29) is 0 Å².